The van der Waals surface area contributed by atoms with Crippen LogP contribution in [0.2, 0.25) is 0 Å². The molecule has 20 heavy (non-hydrogen) atoms. The van der Waals surface area contributed by atoms with Gasteiger partial charge in [0.05, 0.1) is 12.5 Å². The molecule has 0 aliphatic rings. The molecule has 7 nitrogen and oxygen atoms in total. The number of rotatable bonds is 8. The fourth-order valence-corrected chi connectivity index (χ4v) is 2.60. The number of hydrogen-bond donors (Lipinski definition) is 3. The van der Waals surface area contributed by atoms with Gasteiger partial charge in [-0.1, -0.05) is 6.07 Å². The maximum atomic E-state index is 11.7. The fraction of sp³-hybridized carbons (Fsp3) is 0.333. The molecule has 0 atom stereocenters. The van der Waals surface area contributed by atoms with Gasteiger partial charge in [0.25, 0.3) is 10.0 Å². The van der Waals surface area contributed by atoms with Crippen LogP contribution in [0.5, 0.6) is 0 Å². The van der Waals surface area contributed by atoms with Crippen molar-refractivity contribution < 1.29 is 8.42 Å². The van der Waals surface area contributed by atoms with Crippen LogP contribution in [0, 0.1) is 0 Å². The van der Waals surface area contributed by atoms with Crippen molar-refractivity contribution in [3.63, 3.8) is 0 Å². The van der Waals surface area contributed by atoms with Crippen molar-refractivity contribution in [2.24, 2.45) is 0 Å². The average Bonchev–Trinajstić information content (AvgIpc) is 2.99. The first-order chi connectivity index (χ1) is 9.68. The van der Waals surface area contributed by atoms with E-state index in [1.54, 1.807) is 12.4 Å². The van der Waals surface area contributed by atoms with Gasteiger partial charge in [-0.15, -0.1) is 0 Å². The summed E-state index contributed by atoms with van der Waals surface area (Å²) >= 11 is 0. The predicted molar refractivity (Wildman–Crippen MR) is 74.3 cm³/mol. The molecule has 0 bridgehead atoms. The fourth-order valence-electron chi connectivity index (χ4n) is 1.62. The first kappa shape index (κ1) is 14.6. The Morgan fingerprint density at radius 2 is 2.10 bits per heavy atom. The van der Waals surface area contributed by atoms with E-state index >= 15 is 0 Å². The van der Waals surface area contributed by atoms with E-state index in [0.717, 1.165) is 18.7 Å². The molecule has 2 aromatic heterocycles. The van der Waals surface area contributed by atoms with Crippen molar-refractivity contribution in [3.8, 4) is 0 Å². The SMILES string of the molecule is O=S(=O)(NCCCNCc1cccnc1)c1cnc[nH]1. The molecule has 0 saturated heterocycles. The van der Waals surface area contributed by atoms with Crippen LogP contribution in [-0.2, 0) is 16.6 Å². The van der Waals surface area contributed by atoms with Crippen LogP contribution in [0.4, 0.5) is 0 Å². The summed E-state index contributed by atoms with van der Waals surface area (Å²) in [5.74, 6) is 0. The number of hydrogen-bond acceptors (Lipinski definition) is 5. The van der Waals surface area contributed by atoms with E-state index < -0.39 is 10.0 Å². The molecule has 0 radical (unpaired) electrons. The zero-order valence-electron chi connectivity index (χ0n) is 10.9. The number of nitrogens with zero attached hydrogens (tertiary/aromatic N) is 2. The average molecular weight is 295 g/mol. The maximum absolute atomic E-state index is 11.7. The second-order valence-electron chi connectivity index (χ2n) is 4.21. The minimum Gasteiger partial charge on any atom is -0.335 e. The quantitative estimate of drug-likeness (QED) is 0.607. The van der Waals surface area contributed by atoms with Gasteiger partial charge in [-0.25, -0.2) is 18.1 Å². The predicted octanol–water partition coefficient (Wildman–Crippen LogP) is 0.263. The first-order valence-electron chi connectivity index (χ1n) is 6.26. The molecular formula is C12H17N5O2S. The van der Waals surface area contributed by atoms with Gasteiger partial charge in [0.1, 0.15) is 0 Å². The van der Waals surface area contributed by atoms with Crippen LogP contribution in [0.25, 0.3) is 0 Å². The Labute approximate surface area is 117 Å². The highest BCUT2D eigenvalue weighted by atomic mass is 32.2. The number of nitrogens with one attached hydrogen (secondary N) is 3. The van der Waals surface area contributed by atoms with E-state index in [-0.39, 0.29) is 5.03 Å². The molecular weight excluding hydrogens is 278 g/mol. The Kier molecular flexibility index (Phi) is 5.22. The van der Waals surface area contributed by atoms with Gasteiger partial charge >= 0.3 is 0 Å². The minimum atomic E-state index is -3.46. The van der Waals surface area contributed by atoms with Gasteiger partial charge in [-0.3, -0.25) is 4.98 Å². The first-order valence-corrected chi connectivity index (χ1v) is 7.74. The number of pyridine rings is 1. The van der Waals surface area contributed by atoms with Crippen LogP contribution in [0.1, 0.15) is 12.0 Å². The van der Waals surface area contributed by atoms with E-state index in [1.165, 1.54) is 12.5 Å². The smallest absolute Gasteiger partial charge is 0.257 e. The monoisotopic (exact) mass is 295 g/mol. The van der Waals surface area contributed by atoms with E-state index in [2.05, 4.69) is 25.0 Å². The van der Waals surface area contributed by atoms with Crippen LogP contribution in [-0.4, -0.2) is 36.5 Å². The summed E-state index contributed by atoms with van der Waals surface area (Å²) in [6, 6.07) is 3.87. The van der Waals surface area contributed by atoms with Crippen LogP contribution >= 0.6 is 0 Å². The summed E-state index contributed by atoms with van der Waals surface area (Å²) in [6.45, 7) is 1.82. The molecule has 0 aliphatic carbocycles. The lowest BCUT2D eigenvalue weighted by Gasteiger charge is -2.06. The summed E-state index contributed by atoms with van der Waals surface area (Å²) in [6.07, 6.45) is 6.85. The lowest BCUT2D eigenvalue weighted by atomic mass is 10.3. The maximum Gasteiger partial charge on any atom is 0.257 e. The molecule has 0 unspecified atom stereocenters. The van der Waals surface area contributed by atoms with Gasteiger partial charge in [0.15, 0.2) is 5.03 Å². The normalized spacial score (nSPS) is 11.6. The van der Waals surface area contributed by atoms with Crippen molar-refractivity contribution in [2.45, 2.75) is 18.0 Å². The molecule has 0 aliphatic heterocycles. The van der Waals surface area contributed by atoms with Gasteiger partial charge in [0, 0.05) is 25.5 Å². The molecule has 0 fully saturated rings. The lowest BCUT2D eigenvalue weighted by Crippen LogP contribution is -2.27. The summed E-state index contributed by atoms with van der Waals surface area (Å²) in [4.78, 5) is 10.3. The highest BCUT2D eigenvalue weighted by Gasteiger charge is 2.13. The van der Waals surface area contributed by atoms with Crippen LogP contribution in [0.15, 0.2) is 42.1 Å². The zero-order valence-corrected chi connectivity index (χ0v) is 11.7. The largest absolute Gasteiger partial charge is 0.335 e. The highest BCUT2D eigenvalue weighted by molar-refractivity contribution is 7.89. The number of sulfonamides is 1. The second kappa shape index (κ2) is 7.13. The van der Waals surface area contributed by atoms with Crippen molar-refractivity contribution in [3.05, 3.63) is 42.6 Å². The summed E-state index contributed by atoms with van der Waals surface area (Å²) in [5.41, 5.74) is 1.10. The molecule has 0 amide bonds. The van der Waals surface area contributed by atoms with E-state index in [1.807, 2.05) is 12.1 Å². The van der Waals surface area contributed by atoms with Crippen molar-refractivity contribution in [1.29, 1.82) is 0 Å². The summed E-state index contributed by atoms with van der Waals surface area (Å²) < 4.78 is 26.0. The standard InChI is InChI=1S/C12H17N5O2S/c18-20(19,12-9-15-10-16-12)17-6-2-5-14-8-11-3-1-4-13-7-11/h1,3-4,7,9-10,14,17H,2,5-6,8H2,(H,15,16). The van der Waals surface area contributed by atoms with Crippen molar-refractivity contribution in [2.75, 3.05) is 13.1 Å². The Hall–Kier alpha value is -1.77. The van der Waals surface area contributed by atoms with Gasteiger partial charge in [0.2, 0.25) is 0 Å². The van der Waals surface area contributed by atoms with Gasteiger partial charge in [-0.2, -0.15) is 0 Å². The Bertz CT molecular complexity index is 598. The number of aromatic amines is 1. The molecule has 0 saturated carbocycles. The van der Waals surface area contributed by atoms with E-state index in [9.17, 15) is 8.42 Å². The van der Waals surface area contributed by atoms with E-state index in [0.29, 0.717) is 13.0 Å². The van der Waals surface area contributed by atoms with Crippen molar-refractivity contribution in [1.82, 2.24) is 25.0 Å². The number of H-pyrrole nitrogens is 1. The molecule has 3 N–H and O–H groups in total. The third-order valence-corrected chi connectivity index (χ3v) is 4.02. The van der Waals surface area contributed by atoms with E-state index in [4.69, 9.17) is 0 Å². The molecule has 0 aromatic carbocycles. The summed E-state index contributed by atoms with van der Waals surface area (Å²) in [7, 11) is -3.46. The topological polar surface area (TPSA) is 99.8 Å². The molecule has 108 valence electrons. The van der Waals surface area contributed by atoms with Crippen LogP contribution in [0.3, 0.4) is 0 Å². The van der Waals surface area contributed by atoms with Crippen LogP contribution < -0.4 is 10.0 Å². The Balaban J connectivity index is 1.63. The molecule has 2 heterocycles. The molecule has 0 spiro atoms. The Morgan fingerprint density at radius 3 is 2.80 bits per heavy atom. The summed E-state index contributed by atoms with van der Waals surface area (Å²) in [5, 5.41) is 3.31. The number of aromatic nitrogens is 3. The zero-order chi connectivity index (χ0) is 14.3. The van der Waals surface area contributed by atoms with Crippen molar-refractivity contribution >= 4 is 10.0 Å². The second-order valence-corrected chi connectivity index (χ2v) is 5.94. The molecule has 2 aromatic rings. The lowest BCUT2D eigenvalue weighted by molar-refractivity contribution is 0.570. The number of imidazole rings is 1. The van der Waals surface area contributed by atoms with Gasteiger partial charge in [-0.05, 0) is 24.6 Å². The third-order valence-electron chi connectivity index (χ3n) is 2.64. The highest BCUT2D eigenvalue weighted by Crippen LogP contribution is 2.01. The third kappa shape index (κ3) is 4.41. The molecule has 2 rings (SSSR count). The molecule has 8 heteroatoms. The minimum absolute atomic E-state index is 0.0841. The Morgan fingerprint density at radius 1 is 1.20 bits per heavy atom. The van der Waals surface area contributed by atoms with Gasteiger partial charge < -0.3 is 10.3 Å².